The minimum absolute atomic E-state index is 0.0510. The van der Waals surface area contributed by atoms with E-state index in [9.17, 15) is 26.4 Å². The number of amides is 2. The number of nitrogens with zero attached hydrogens (tertiary/aromatic N) is 4. The van der Waals surface area contributed by atoms with Crippen LogP contribution >= 0.6 is 11.6 Å². The Labute approximate surface area is 180 Å². The molecule has 31 heavy (non-hydrogen) atoms. The van der Waals surface area contributed by atoms with Crippen molar-refractivity contribution in [3.05, 3.63) is 35.5 Å². The number of aromatic nitrogens is 2. The Morgan fingerprint density at radius 1 is 1.26 bits per heavy atom. The third-order valence-corrected chi connectivity index (χ3v) is 6.37. The van der Waals surface area contributed by atoms with Gasteiger partial charge in [0.05, 0.1) is 16.8 Å². The molecule has 2 aromatic rings. The highest BCUT2D eigenvalue weighted by atomic mass is 35.5. The Hall–Kier alpha value is -2.64. The van der Waals surface area contributed by atoms with Crippen LogP contribution in [0.5, 0.6) is 0 Å². The van der Waals surface area contributed by atoms with Gasteiger partial charge in [0.25, 0.3) is 10.0 Å². The molecule has 0 saturated carbocycles. The molecule has 2 aliphatic heterocycles. The van der Waals surface area contributed by atoms with E-state index in [-0.39, 0.29) is 17.7 Å². The summed E-state index contributed by atoms with van der Waals surface area (Å²) in [6.07, 6.45) is -2.75. The fourth-order valence-corrected chi connectivity index (χ4v) is 4.54. The number of sulfonamides is 1. The maximum Gasteiger partial charge on any atom is 0.402 e. The highest BCUT2D eigenvalue weighted by Crippen LogP contribution is 2.39. The van der Waals surface area contributed by atoms with E-state index in [4.69, 9.17) is 11.6 Å². The molecule has 0 aromatic carbocycles. The molecule has 9 nitrogen and oxygen atoms in total. The lowest BCUT2D eigenvalue weighted by Crippen LogP contribution is -2.48. The molecule has 166 valence electrons. The van der Waals surface area contributed by atoms with Crippen molar-refractivity contribution in [2.45, 2.75) is 23.7 Å². The Bertz CT molecular complexity index is 1110. The number of carbonyl (C=O) groups is 1. The highest BCUT2D eigenvalue weighted by Gasteiger charge is 2.41. The van der Waals surface area contributed by atoms with E-state index in [1.165, 1.54) is 28.0 Å². The first-order chi connectivity index (χ1) is 14.5. The van der Waals surface area contributed by atoms with Gasteiger partial charge in [-0.1, -0.05) is 11.6 Å². The molecule has 2 aliphatic rings. The summed E-state index contributed by atoms with van der Waals surface area (Å²) in [5.41, 5.74) is 0.516. The van der Waals surface area contributed by atoms with E-state index in [0.29, 0.717) is 30.2 Å². The van der Waals surface area contributed by atoms with Crippen molar-refractivity contribution in [2.24, 2.45) is 0 Å². The molecule has 4 heterocycles. The Morgan fingerprint density at radius 3 is 2.71 bits per heavy atom. The average Bonchev–Trinajstić information content (AvgIpc) is 3.12. The minimum Gasteiger partial charge on any atom is -0.366 e. The van der Waals surface area contributed by atoms with Gasteiger partial charge in [-0.15, -0.1) is 0 Å². The van der Waals surface area contributed by atoms with Crippen LogP contribution in [0.25, 0.3) is 0 Å². The molecule has 4 rings (SSSR count). The van der Waals surface area contributed by atoms with Crippen molar-refractivity contribution in [3.8, 4) is 0 Å². The van der Waals surface area contributed by atoms with Crippen molar-refractivity contribution in [1.29, 1.82) is 0 Å². The second kappa shape index (κ2) is 7.80. The molecule has 1 atom stereocenters. The largest absolute Gasteiger partial charge is 0.402 e. The third kappa shape index (κ3) is 4.52. The summed E-state index contributed by atoms with van der Waals surface area (Å²) >= 11 is 5.79. The molecule has 2 amide bonds. The molecule has 0 spiro atoms. The van der Waals surface area contributed by atoms with Gasteiger partial charge in [0.1, 0.15) is 12.4 Å². The van der Waals surface area contributed by atoms with Crippen LogP contribution in [0.15, 0.2) is 35.5 Å². The van der Waals surface area contributed by atoms with Gasteiger partial charge in [-0.05, 0) is 30.7 Å². The number of fused-ring (bicyclic) bond motifs is 4. The number of halogens is 4. The summed E-state index contributed by atoms with van der Waals surface area (Å²) in [7, 11) is -4.54. The zero-order valence-corrected chi connectivity index (χ0v) is 17.3. The number of anilines is 3. The van der Waals surface area contributed by atoms with Crippen molar-refractivity contribution < 1.29 is 26.4 Å². The maximum atomic E-state index is 13.0. The zero-order chi connectivity index (χ0) is 22.4. The molecule has 2 aromatic heterocycles. The topological polar surface area (TPSA) is 108 Å². The van der Waals surface area contributed by atoms with Crippen molar-refractivity contribution in [3.63, 3.8) is 0 Å². The van der Waals surface area contributed by atoms with E-state index in [2.05, 4.69) is 15.3 Å². The predicted molar refractivity (Wildman–Crippen MR) is 107 cm³/mol. The number of carbonyl (C=O) groups excluding carboxylic acids is 1. The SMILES string of the molecule is O=C(Nc1ccc(Cl)cn1)N1c2nc(S(=O)(=O)NCC(F)(F)F)ccc2N2CC[C@H]1C2. The number of pyridine rings is 2. The lowest BCUT2D eigenvalue weighted by atomic mass is 10.2. The Kier molecular flexibility index (Phi) is 5.43. The summed E-state index contributed by atoms with van der Waals surface area (Å²) in [5.74, 6) is 0.280. The maximum absolute atomic E-state index is 13.0. The Morgan fingerprint density at radius 2 is 2.03 bits per heavy atom. The molecule has 0 radical (unpaired) electrons. The van der Waals surface area contributed by atoms with E-state index in [1.807, 2.05) is 4.90 Å². The quantitative estimate of drug-likeness (QED) is 0.702. The number of nitrogens with one attached hydrogen (secondary N) is 2. The van der Waals surface area contributed by atoms with E-state index < -0.39 is 33.8 Å². The molecule has 2 N–H and O–H groups in total. The fourth-order valence-electron chi connectivity index (χ4n) is 3.47. The second-order valence-electron chi connectivity index (χ2n) is 6.98. The summed E-state index contributed by atoms with van der Waals surface area (Å²) in [6.45, 7) is -0.579. The molecule has 0 unspecified atom stereocenters. The summed E-state index contributed by atoms with van der Waals surface area (Å²) in [6, 6.07) is 4.73. The van der Waals surface area contributed by atoms with Crippen LogP contribution in [0.2, 0.25) is 5.02 Å². The summed E-state index contributed by atoms with van der Waals surface area (Å²) in [4.78, 5) is 24.3. The summed E-state index contributed by atoms with van der Waals surface area (Å²) < 4.78 is 63.5. The van der Waals surface area contributed by atoms with E-state index in [0.717, 1.165) is 6.07 Å². The van der Waals surface area contributed by atoms with Crippen LogP contribution in [0, 0.1) is 0 Å². The first kappa shape index (κ1) is 21.6. The van der Waals surface area contributed by atoms with Crippen LogP contribution in [0.3, 0.4) is 0 Å². The van der Waals surface area contributed by atoms with Gasteiger partial charge in [-0.2, -0.15) is 13.2 Å². The average molecular weight is 477 g/mol. The lowest BCUT2D eigenvalue weighted by molar-refractivity contribution is -0.121. The van der Waals surface area contributed by atoms with Crippen LogP contribution in [0.1, 0.15) is 6.42 Å². The van der Waals surface area contributed by atoms with Gasteiger partial charge in [0.15, 0.2) is 10.8 Å². The molecule has 2 bridgehead atoms. The van der Waals surface area contributed by atoms with Crippen molar-refractivity contribution >= 4 is 45.0 Å². The predicted octanol–water partition coefficient (Wildman–Crippen LogP) is 2.60. The van der Waals surface area contributed by atoms with Gasteiger partial charge >= 0.3 is 12.2 Å². The first-order valence-corrected chi connectivity index (χ1v) is 10.9. The van der Waals surface area contributed by atoms with E-state index in [1.54, 1.807) is 6.07 Å². The number of urea groups is 1. The second-order valence-corrected chi connectivity index (χ2v) is 9.13. The van der Waals surface area contributed by atoms with E-state index >= 15 is 0 Å². The Balaban J connectivity index is 1.66. The lowest BCUT2D eigenvalue weighted by Gasteiger charge is -2.35. The molecule has 14 heteroatoms. The smallest absolute Gasteiger partial charge is 0.366 e. The third-order valence-electron chi connectivity index (χ3n) is 4.85. The summed E-state index contributed by atoms with van der Waals surface area (Å²) in [5, 5.41) is 2.38. The van der Waals surface area contributed by atoms with Crippen LogP contribution in [-0.2, 0) is 10.0 Å². The van der Waals surface area contributed by atoms with Crippen LogP contribution < -0.4 is 19.8 Å². The van der Waals surface area contributed by atoms with Gasteiger partial charge in [0, 0.05) is 19.3 Å². The number of alkyl halides is 3. The van der Waals surface area contributed by atoms with Crippen molar-refractivity contribution in [1.82, 2.24) is 14.7 Å². The molecule has 1 fully saturated rings. The zero-order valence-electron chi connectivity index (χ0n) is 15.7. The fraction of sp³-hybridized carbons (Fsp3) is 0.353. The molecule has 1 saturated heterocycles. The van der Waals surface area contributed by atoms with Gasteiger partial charge in [-0.25, -0.2) is 27.9 Å². The molecule has 0 aliphatic carbocycles. The van der Waals surface area contributed by atoms with Crippen molar-refractivity contribution in [2.75, 3.05) is 34.8 Å². The van der Waals surface area contributed by atoms with Crippen LogP contribution in [-0.4, -0.2) is 56.3 Å². The monoisotopic (exact) mass is 476 g/mol. The standard InChI is InChI=1S/C17H16ClF3N6O3S/c18-10-1-3-13(22-7-10)24-16(28)27-11-5-6-26(8-11)12-2-4-14(25-15(12)27)31(29,30)23-9-17(19,20)21/h1-4,7,11,23H,5-6,8-9H2,(H,22,24,28)/t11-/m0/s1. The number of rotatable bonds is 4. The number of hydrogen-bond acceptors (Lipinski definition) is 6. The van der Waals surface area contributed by atoms with Crippen LogP contribution in [0.4, 0.5) is 35.3 Å². The van der Waals surface area contributed by atoms with Gasteiger partial charge in [0.2, 0.25) is 0 Å². The first-order valence-electron chi connectivity index (χ1n) is 9.08. The highest BCUT2D eigenvalue weighted by molar-refractivity contribution is 7.89. The minimum atomic E-state index is -4.72. The normalized spacial score (nSPS) is 18.1. The molecular weight excluding hydrogens is 461 g/mol. The molecular formula is C17H16ClF3N6O3S. The van der Waals surface area contributed by atoms with Gasteiger partial charge < -0.3 is 4.90 Å². The van der Waals surface area contributed by atoms with Gasteiger partial charge in [-0.3, -0.25) is 10.2 Å². The number of hydrogen-bond donors (Lipinski definition) is 2.